The highest BCUT2D eigenvalue weighted by Crippen LogP contribution is 2.04. The second kappa shape index (κ2) is 5.35. The van der Waals surface area contributed by atoms with E-state index in [2.05, 4.69) is 0 Å². The first-order valence-electron chi connectivity index (χ1n) is 3.13. The summed E-state index contributed by atoms with van der Waals surface area (Å²) in [4.78, 5) is 10.4. The molecule has 0 saturated heterocycles. The van der Waals surface area contributed by atoms with Crippen LogP contribution < -0.4 is 0 Å². The molecule has 58 valence electrons. The third-order valence-corrected chi connectivity index (χ3v) is 1.62. The van der Waals surface area contributed by atoms with Crippen LogP contribution in [0.2, 0.25) is 0 Å². The topological polar surface area (TPSA) is 37.3 Å². The zero-order valence-corrected chi connectivity index (χ0v) is 7.07. The summed E-state index contributed by atoms with van der Waals surface area (Å²) in [6, 6.07) is 0. The molecule has 10 heavy (non-hydrogen) atoms. The Labute approximate surface area is 65.3 Å². The lowest BCUT2D eigenvalue weighted by atomic mass is 10.2. The molecular formula is C7H12O2S. The monoisotopic (exact) mass is 160 g/mol. The van der Waals surface area contributed by atoms with Crippen molar-refractivity contribution in [1.82, 2.24) is 0 Å². The van der Waals surface area contributed by atoms with E-state index in [0.29, 0.717) is 11.3 Å². The molecule has 0 aromatic rings. The summed E-state index contributed by atoms with van der Waals surface area (Å²) in [6.45, 7) is 1.93. The molecule has 0 amide bonds. The van der Waals surface area contributed by atoms with Crippen LogP contribution in [-0.2, 0) is 4.79 Å². The standard InChI is InChI=1S/C7H12O2S/c1-3-4-6(5-10-2)7(8)9/h4H,3,5H2,1-2H3,(H,8,9). The van der Waals surface area contributed by atoms with Gasteiger partial charge in [0, 0.05) is 11.3 Å². The minimum Gasteiger partial charge on any atom is -0.478 e. The van der Waals surface area contributed by atoms with Gasteiger partial charge in [-0.1, -0.05) is 13.0 Å². The van der Waals surface area contributed by atoms with Crippen LogP contribution in [0.1, 0.15) is 13.3 Å². The number of hydrogen-bond donors (Lipinski definition) is 1. The summed E-state index contributed by atoms with van der Waals surface area (Å²) in [5.41, 5.74) is 0.509. The molecule has 0 atom stereocenters. The average molecular weight is 160 g/mol. The summed E-state index contributed by atoms with van der Waals surface area (Å²) in [7, 11) is 0. The Morgan fingerprint density at radius 1 is 1.70 bits per heavy atom. The van der Waals surface area contributed by atoms with Crippen molar-refractivity contribution in [2.24, 2.45) is 0 Å². The van der Waals surface area contributed by atoms with E-state index in [9.17, 15) is 4.79 Å². The largest absolute Gasteiger partial charge is 0.478 e. The van der Waals surface area contributed by atoms with Gasteiger partial charge in [0.15, 0.2) is 0 Å². The van der Waals surface area contributed by atoms with E-state index < -0.39 is 5.97 Å². The van der Waals surface area contributed by atoms with Crippen molar-refractivity contribution in [2.45, 2.75) is 13.3 Å². The number of aliphatic carboxylic acids is 1. The van der Waals surface area contributed by atoms with E-state index >= 15 is 0 Å². The lowest BCUT2D eigenvalue weighted by molar-refractivity contribution is -0.132. The van der Waals surface area contributed by atoms with Crippen LogP contribution in [0.3, 0.4) is 0 Å². The molecule has 0 spiro atoms. The number of carboxylic acid groups (broad SMARTS) is 1. The molecule has 0 aromatic heterocycles. The molecule has 2 nitrogen and oxygen atoms in total. The summed E-state index contributed by atoms with van der Waals surface area (Å²) in [5, 5.41) is 8.55. The zero-order chi connectivity index (χ0) is 7.98. The Bertz CT molecular complexity index is 141. The maximum absolute atomic E-state index is 10.4. The maximum Gasteiger partial charge on any atom is 0.332 e. The van der Waals surface area contributed by atoms with E-state index in [-0.39, 0.29) is 0 Å². The second-order valence-corrected chi connectivity index (χ2v) is 2.74. The van der Waals surface area contributed by atoms with E-state index in [1.165, 1.54) is 11.8 Å². The predicted molar refractivity (Wildman–Crippen MR) is 44.4 cm³/mol. The third kappa shape index (κ3) is 3.56. The maximum atomic E-state index is 10.4. The van der Waals surface area contributed by atoms with Gasteiger partial charge >= 0.3 is 5.97 Å². The molecule has 0 aliphatic heterocycles. The second-order valence-electron chi connectivity index (χ2n) is 1.88. The third-order valence-electron chi connectivity index (χ3n) is 1.03. The van der Waals surface area contributed by atoms with Crippen LogP contribution in [0.4, 0.5) is 0 Å². The first kappa shape index (κ1) is 9.56. The first-order valence-corrected chi connectivity index (χ1v) is 4.53. The Balaban J connectivity index is 3.98. The van der Waals surface area contributed by atoms with Gasteiger partial charge in [-0.25, -0.2) is 4.79 Å². The fourth-order valence-corrected chi connectivity index (χ4v) is 1.16. The number of carboxylic acids is 1. The van der Waals surface area contributed by atoms with Crippen LogP contribution in [0.25, 0.3) is 0 Å². The lowest BCUT2D eigenvalue weighted by Gasteiger charge is -1.96. The molecule has 0 heterocycles. The van der Waals surface area contributed by atoms with Crippen LogP contribution >= 0.6 is 11.8 Å². The molecule has 3 heteroatoms. The first-order chi connectivity index (χ1) is 4.72. The number of hydrogen-bond acceptors (Lipinski definition) is 2. The summed E-state index contributed by atoms with van der Waals surface area (Å²) in [5.74, 6) is -0.195. The van der Waals surface area contributed by atoms with Crippen LogP contribution in [0.5, 0.6) is 0 Å². The number of thioether (sulfide) groups is 1. The summed E-state index contributed by atoms with van der Waals surface area (Å²) in [6.07, 6.45) is 4.44. The molecule has 0 aromatic carbocycles. The Morgan fingerprint density at radius 2 is 2.30 bits per heavy atom. The predicted octanol–water partition coefficient (Wildman–Crippen LogP) is 1.77. The quantitative estimate of drug-likeness (QED) is 0.637. The van der Waals surface area contributed by atoms with Crippen LogP contribution in [-0.4, -0.2) is 23.1 Å². The van der Waals surface area contributed by atoms with Crippen molar-refractivity contribution in [2.75, 3.05) is 12.0 Å². The SMILES string of the molecule is CCC=C(CSC)C(=O)O. The minimum absolute atomic E-state index is 0.509. The van der Waals surface area contributed by atoms with Crippen molar-refractivity contribution < 1.29 is 9.90 Å². The highest BCUT2D eigenvalue weighted by Gasteiger charge is 2.03. The molecular weight excluding hydrogens is 148 g/mol. The van der Waals surface area contributed by atoms with Crippen molar-refractivity contribution in [3.8, 4) is 0 Å². The van der Waals surface area contributed by atoms with Gasteiger partial charge in [0.1, 0.15) is 0 Å². The van der Waals surface area contributed by atoms with Crippen molar-refractivity contribution in [3.63, 3.8) is 0 Å². The minimum atomic E-state index is -0.795. The van der Waals surface area contributed by atoms with Gasteiger partial charge in [-0.2, -0.15) is 11.8 Å². The molecule has 0 bridgehead atoms. The van der Waals surface area contributed by atoms with Gasteiger partial charge in [-0.3, -0.25) is 0 Å². The van der Waals surface area contributed by atoms with E-state index in [4.69, 9.17) is 5.11 Å². The van der Waals surface area contributed by atoms with Gasteiger partial charge in [0.05, 0.1) is 0 Å². The number of allylic oxidation sites excluding steroid dienone is 1. The zero-order valence-electron chi connectivity index (χ0n) is 6.26. The lowest BCUT2D eigenvalue weighted by Crippen LogP contribution is -2.02. The van der Waals surface area contributed by atoms with E-state index in [0.717, 1.165) is 6.42 Å². The fourth-order valence-electron chi connectivity index (χ4n) is 0.610. The van der Waals surface area contributed by atoms with Gasteiger partial charge in [0.2, 0.25) is 0 Å². The molecule has 0 unspecified atom stereocenters. The smallest absolute Gasteiger partial charge is 0.332 e. The summed E-state index contributed by atoms with van der Waals surface area (Å²) >= 11 is 1.53. The highest BCUT2D eigenvalue weighted by molar-refractivity contribution is 7.98. The van der Waals surface area contributed by atoms with Gasteiger partial charge in [-0.05, 0) is 12.7 Å². The molecule has 0 fully saturated rings. The number of carbonyl (C=O) groups is 1. The molecule has 0 aliphatic carbocycles. The molecule has 1 N–H and O–H groups in total. The Kier molecular flexibility index (Phi) is 5.12. The normalized spacial score (nSPS) is 11.6. The van der Waals surface area contributed by atoms with Crippen LogP contribution in [0.15, 0.2) is 11.6 Å². The molecule has 0 saturated carbocycles. The van der Waals surface area contributed by atoms with Crippen molar-refractivity contribution >= 4 is 17.7 Å². The van der Waals surface area contributed by atoms with Crippen molar-refractivity contribution in [1.29, 1.82) is 0 Å². The highest BCUT2D eigenvalue weighted by atomic mass is 32.2. The van der Waals surface area contributed by atoms with E-state index in [1.807, 2.05) is 13.2 Å². The number of rotatable bonds is 4. The fraction of sp³-hybridized carbons (Fsp3) is 0.571. The van der Waals surface area contributed by atoms with Gasteiger partial charge in [0.25, 0.3) is 0 Å². The van der Waals surface area contributed by atoms with Gasteiger partial charge in [-0.15, -0.1) is 0 Å². The average Bonchev–Trinajstić information content (AvgIpc) is 1.87. The Morgan fingerprint density at radius 3 is 2.60 bits per heavy atom. The summed E-state index contributed by atoms with van der Waals surface area (Å²) < 4.78 is 0. The molecule has 0 radical (unpaired) electrons. The Hall–Kier alpha value is -0.440. The van der Waals surface area contributed by atoms with E-state index in [1.54, 1.807) is 6.08 Å². The molecule has 0 rings (SSSR count). The van der Waals surface area contributed by atoms with Crippen molar-refractivity contribution in [3.05, 3.63) is 11.6 Å². The van der Waals surface area contributed by atoms with Crippen LogP contribution in [0, 0.1) is 0 Å². The van der Waals surface area contributed by atoms with Gasteiger partial charge < -0.3 is 5.11 Å². The molecule has 0 aliphatic rings.